The average Bonchev–Trinajstić information content (AvgIpc) is 2.87. The van der Waals surface area contributed by atoms with E-state index < -0.39 is 35.0 Å². The minimum absolute atomic E-state index is 0.0239. The number of hydrogen-bond donors (Lipinski definition) is 0. The Kier molecular flexibility index (Phi) is 7.58. The Labute approximate surface area is 202 Å². The number of halogens is 4. The standard InChI is InChI=1S/C29H28F4O2/c1-3-4-18-6-8-19(9-7-18)22-14-15-23(27(32)26(22)31)20-10-12-21(13-11-20)29(34)35-24-16-5-17(2)25(30)28(24)33/h5,10-16,18-19H,3-4,6-9H2,1-2H3. The van der Waals surface area contributed by atoms with Crippen LogP contribution in [0.5, 0.6) is 5.75 Å². The van der Waals surface area contributed by atoms with Gasteiger partial charge in [-0.25, -0.2) is 18.0 Å². The summed E-state index contributed by atoms with van der Waals surface area (Å²) < 4.78 is 62.7. The summed E-state index contributed by atoms with van der Waals surface area (Å²) in [6.07, 6.45) is 6.13. The molecule has 0 heterocycles. The molecular formula is C29H28F4O2. The third-order valence-corrected chi connectivity index (χ3v) is 6.97. The molecule has 0 N–H and O–H groups in total. The smallest absolute Gasteiger partial charge is 0.343 e. The monoisotopic (exact) mass is 484 g/mol. The first-order valence-electron chi connectivity index (χ1n) is 12.0. The minimum Gasteiger partial charge on any atom is -0.420 e. The van der Waals surface area contributed by atoms with Crippen molar-refractivity contribution in [3.63, 3.8) is 0 Å². The number of aryl methyl sites for hydroxylation is 1. The number of carbonyl (C=O) groups excluding carboxylic acids is 1. The number of benzene rings is 3. The van der Waals surface area contributed by atoms with E-state index >= 15 is 8.78 Å². The molecule has 0 radical (unpaired) electrons. The third kappa shape index (κ3) is 5.26. The van der Waals surface area contributed by atoms with Crippen LogP contribution in [0.1, 0.15) is 72.9 Å². The van der Waals surface area contributed by atoms with Crippen LogP contribution in [0, 0.1) is 36.1 Å². The van der Waals surface area contributed by atoms with Crippen LogP contribution in [-0.2, 0) is 0 Å². The van der Waals surface area contributed by atoms with Crippen molar-refractivity contribution in [3.8, 4) is 16.9 Å². The van der Waals surface area contributed by atoms with Gasteiger partial charge >= 0.3 is 5.97 Å². The zero-order chi connectivity index (χ0) is 25.1. The molecule has 2 nitrogen and oxygen atoms in total. The van der Waals surface area contributed by atoms with E-state index in [0.29, 0.717) is 17.0 Å². The molecule has 0 spiro atoms. The molecule has 0 unspecified atom stereocenters. The van der Waals surface area contributed by atoms with Gasteiger partial charge in [-0.1, -0.05) is 50.1 Å². The summed E-state index contributed by atoms with van der Waals surface area (Å²) >= 11 is 0. The molecule has 0 aliphatic heterocycles. The molecule has 0 saturated heterocycles. The molecule has 0 aromatic heterocycles. The molecule has 1 saturated carbocycles. The van der Waals surface area contributed by atoms with Crippen LogP contribution in [0.4, 0.5) is 17.6 Å². The Bertz CT molecular complexity index is 1210. The predicted molar refractivity (Wildman–Crippen MR) is 127 cm³/mol. The van der Waals surface area contributed by atoms with Crippen molar-refractivity contribution in [1.29, 1.82) is 0 Å². The Balaban J connectivity index is 1.49. The van der Waals surface area contributed by atoms with Crippen LogP contribution >= 0.6 is 0 Å². The Morgan fingerprint density at radius 2 is 1.51 bits per heavy atom. The number of esters is 1. The van der Waals surface area contributed by atoms with Crippen molar-refractivity contribution in [2.45, 2.75) is 58.3 Å². The third-order valence-electron chi connectivity index (χ3n) is 6.97. The van der Waals surface area contributed by atoms with Crippen LogP contribution in [0.2, 0.25) is 0 Å². The van der Waals surface area contributed by atoms with Gasteiger partial charge in [0.1, 0.15) is 0 Å². The predicted octanol–water partition coefficient (Wildman–Crippen LogP) is 8.51. The van der Waals surface area contributed by atoms with Crippen molar-refractivity contribution in [2.75, 3.05) is 0 Å². The fraction of sp³-hybridized carbons (Fsp3) is 0.345. The maximum Gasteiger partial charge on any atom is 0.343 e. The second-order valence-corrected chi connectivity index (χ2v) is 9.31. The zero-order valence-corrected chi connectivity index (χ0v) is 19.8. The lowest BCUT2D eigenvalue weighted by Gasteiger charge is -2.29. The second kappa shape index (κ2) is 10.6. The van der Waals surface area contributed by atoms with E-state index in [1.54, 1.807) is 12.1 Å². The van der Waals surface area contributed by atoms with Gasteiger partial charge in [-0.2, -0.15) is 4.39 Å². The quantitative estimate of drug-likeness (QED) is 0.199. The molecule has 0 atom stereocenters. The van der Waals surface area contributed by atoms with Crippen LogP contribution in [0.3, 0.4) is 0 Å². The molecule has 0 bridgehead atoms. The van der Waals surface area contributed by atoms with Crippen LogP contribution in [-0.4, -0.2) is 5.97 Å². The maximum atomic E-state index is 15.0. The molecule has 1 fully saturated rings. The van der Waals surface area contributed by atoms with E-state index in [2.05, 4.69) is 6.92 Å². The molecule has 3 aromatic carbocycles. The fourth-order valence-electron chi connectivity index (χ4n) is 4.92. The summed E-state index contributed by atoms with van der Waals surface area (Å²) in [4.78, 5) is 12.4. The van der Waals surface area contributed by atoms with Crippen molar-refractivity contribution < 1.29 is 27.1 Å². The lowest BCUT2D eigenvalue weighted by molar-refractivity contribution is 0.0726. The van der Waals surface area contributed by atoms with Gasteiger partial charge in [-0.3, -0.25) is 0 Å². The summed E-state index contributed by atoms with van der Waals surface area (Å²) in [5, 5.41) is 0. The Morgan fingerprint density at radius 3 is 2.17 bits per heavy atom. The van der Waals surface area contributed by atoms with Gasteiger partial charge in [0.25, 0.3) is 0 Å². The lowest BCUT2D eigenvalue weighted by Crippen LogP contribution is -2.15. The number of hydrogen-bond acceptors (Lipinski definition) is 2. The van der Waals surface area contributed by atoms with Gasteiger partial charge in [-0.05, 0) is 79.3 Å². The molecule has 3 aromatic rings. The normalized spacial score (nSPS) is 17.9. The zero-order valence-electron chi connectivity index (χ0n) is 19.8. The summed E-state index contributed by atoms with van der Waals surface area (Å²) in [6, 6.07) is 11.4. The van der Waals surface area contributed by atoms with Crippen molar-refractivity contribution >= 4 is 5.97 Å². The van der Waals surface area contributed by atoms with E-state index in [1.807, 2.05) is 0 Å². The maximum absolute atomic E-state index is 15.0. The number of carbonyl (C=O) groups is 1. The molecule has 0 amide bonds. The Hall–Kier alpha value is -3.15. The van der Waals surface area contributed by atoms with Gasteiger partial charge < -0.3 is 4.74 Å². The van der Waals surface area contributed by atoms with E-state index in [-0.39, 0.29) is 22.6 Å². The lowest BCUT2D eigenvalue weighted by atomic mass is 9.77. The molecular weight excluding hydrogens is 456 g/mol. The first-order chi connectivity index (χ1) is 16.8. The van der Waals surface area contributed by atoms with Crippen molar-refractivity contribution in [2.24, 2.45) is 5.92 Å². The number of rotatable bonds is 6. The van der Waals surface area contributed by atoms with Gasteiger partial charge in [-0.15, -0.1) is 0 Å². The summed E-state index contributed by atoms with van der Waals surface area (Å²) in [7, 11) is 0. The highest BCUT2D eigenvalue weighted by molar-refractivity contribution is 5.91. The first-order valence-corrected chi connectivity index (χ1v) is 12.0. The summed E-state index contributed by atoms with van der Waals surface area (Å²) in [5.74, 6) is -4.76. The highest BCUT2D eigenvalue weighted by Crippen LogP contribution is 2.40. The van der Waals surface area contributed by atoms with Gasteiger partial charge in [0.2, 0.25) is 5.82 Å². The molecule has 4 rings (SSSR count). The van der Waals surface area contributed by atoms with Crippen molar-refractivity contribution in [3.05, 3.63) is 88.5 Å². The van der Waals surface area contributed by atoms with E-state index in [0.717, 1.165) is 32.1 Å². The molecule has 6 heteroatoms. The Morgan fingerprint density at radius 1 is 0.829 bits per heavy atom. The topological polar surface area (TPSA) is 26.3 Å². The van der Waals surface area contributed by atoms with Gasteiger partial charge in [0, 0.05) is 5.56 Å². The minimum atomic E-state index is -1.24. The average molecular weight is 485 g/mol. The van der Waals surface area contributed by atoms with Gasteiger partial charge in [0.15, 0.2) is 23.2 Å². The first kappa shape index (κ1) is 25.0. The molecule has 184 valence electrons. The van der Waals surface area contributed by atoms with Crippen LogP contribution in [0.25, 0.3) is 11.1 Å². The largest absolute Gasteiger partial charge is 0.420 e. The van der Waals surface area contributed by atoms with E-state index in [4.69, 9.17) is 4.74 Å². The van der Waals surface area contributed by atoms with Gasteiger partial charge in [0.05, 0.1) is 5.56 Å². The molecule has 35 heavy (non-hydrogen) atoms. The second-order valence-electron chi connectivity index (χ2n) is 9.31. The van der Waals surface area contributed by atoms with E-state index in [1.165, 1.54) is 49.7 Å². The fourth-order valence-corrected chi connectivity index (χ4v) is 4.92. The van der Waals surface area contributed by atoms with Crippen LogP contribution < -0.4 is 4.74 Å². The SMILES string of the molecule is CCCC1CCC(c2ccc(-c3ccc(C(=O)Oc4ccc(C)c(F)c4F)cc3)c(F)c2F)CC1. The van der Waals surface area contributed by atoms with E-state index in [9.17, 15) is 13.6 Å². The summed E-state index contributed by atoms with van der Waals surface area (Å²) in [6.45, 7) is 3.57. The highest BCUT2D eigenvalue weighted by Gasteiger charge is 2.26. The molecule has 1 aliphatic rings. The molecule has 1 aliphatic carbocycles. The summed E-state index contributed by atoms with van der Waals surface area (Å²) in [5.41, 5.74) is 1.07. The highest BCUT2D eigenvalue weighted by atomic mass is 19.2. The van der Waals surface area contributed by atoms with Crippen molar-refractivity contribution in [1.82, 2.24) is 0 Å². The number of ether oxygens (including phenoxy) is 1. The van der Waals surface area contributed by atoms with Crippen LogP contribution in [0.15, 0.2) is 48.5 Å².